The first-order valence-electron chi connectivity index (χ1n) is 7.80. The fourth-order valence-corrected chi connectivity index (χ4v) is 3.06. The number of benzene rings is 1. The Morgan fingerprint density at radius 2 is 1.91 bits per heavy atom. The molecule has 2 aliphatic rings. The second-order valence-corrected chi connectivity index (χ2v) is 6.33. The summed E-state index contributed by atoms with van der Waals surface area (Å²) >= 11 is 0. The number of amides is 1. The smallest absolute Gasteiger partial charge is 0.335 e. The van der Waals surface area contributed by atoms with Gasteiger partial charge in [-0.1, -0.05) is 0 Å². The van der Waals surface area contributed by atoms with Crippen molar-refractivity contribution in [2.24, 2.45) is 5.92 Å². The van der Waals surface area contributed by atoms with Gasteiger partial charge in [0, 0.05) is 18.2 Å². The number of nitrogens with one attached hydrogen (secondary N) is 1. The highest BCUT2D eigenvalue weighted by Gasteiger charge is 2.36. The molecule has 1 aliphatic heterocycles. The molecule has 1 saturated heterocycles. The van der Waals surface area contributed by atoms with Crippen molar-refractivity contribution in [1.82, 2.24) is 5.32 Å². The molecule has 0 radical (unpaired) electrons. The van der Waals surface area contributed by atoms with Gasteiger partial charge in [-0.05, 0) is 62.3 Å². The number of carboxylic acids is 1. The van der Waals surface area contributed by atoms with Gasteiger partial charge in [0.25, 0.3) is 5.91 Å². The summed E-state index contributed by atoms with van der Waals surface area (Å²) in [6, 6.07) is 4.83. The number of hydrogen-bond donors (Lipinski definition) is 2. The minimum atomic E-state index is -1.02. The van der Waals surface area contributed by atoms with Crippen LogP contribution in [0.2, 0.25) is 0 Å². The number of hydrogen-bond acceptors (Lipinski definition) is 3. The van der Waals surface area contributed by atoms with Crippen molar-refractivity contribution < 1.29 is 19.4 Å². The van der Waals surface area contributed by atoms with Gasteiger partial charge in [0.2, 0.25) is 0 Å². The zero-order valence-corrected chi connectivity index (χ0v) is 12.7. The number of aromatic carboxylic acids is 1. The molecule has 118 valence electrons. The van der Waals surface area contributed by atoms with Gasteiger partial charge >= 0.3 is 5.97 Å². The Bertz CT molecular complexity index is 594. The Labute approximate surface area is 129 Å². The molecule has 2 unspecified atom stereocenters. The summed E-state index contributed by atoms with van der Waals surface area (Å²) < 4.78 is 5.76. The molecule has 2 N–H and O–H groups in total. The highest BCUT2D eigenvalue weighted by atomic mass is 16.5. The van der Waals surface area contributed by atoms with Gasteiger partial charge in [-0.2, -0.15) is 0 Å². The standard InChI is InChI=1S/C17H21NO4/c1-10-6-12(8-13(7-10)17(20)21)16(19)18-14-4-5-22-15(9-14)11-2-3-11/h6-8,11,14-15H,2-5,9H2,1H3,(H,18,19)(H,20,21). The second-order valence-electron chi connectivity index (χ2n) is 6.33. The average molecular weight is 303 g/mol. The van der Waals surface area contributed by atoms with Crippen LogP contribution in [0, 0.1) is 12.8 Å². The molecule has 2 atom stereocenters. The third-order valence-corrected chi connectivity index (χ3v) is 4.38. The molecule has 3 rings (SSSR count). The number of carboxylic acid groups (broad SMARTS) is 1. The lowest BCUT2D eigenvalue weighted by Crippen LogP contribution is -2.42. The summed E-state index contributed by atoms with van der Waals surface area (Å²) in [5, 5.41) is 12.1. The van der Waals surface area contributed by atoms with Crippen LogP contribution in [0.15, 0.2) is 18.2 Å². The predicted molar refractivity (Wildman–Crippen MR) is 81.1 cm³/mol. The van der Waals surface area contributed by atoms with E-state index in [1.54, 1.807) is 19.1 Å². The van der Waals surface area contributed by atoms with Gasteiger partial charge in [0.05, 0.1) is 11.7 Å². The van der Waals surface area contributed by atoms with Gasteiger partial charge in [-0.3, -0.25) is 4.79 Å². The Balaban J connectivity index is 1.67. The molecule has 5 heteroatoms. The van der Waals surface area contributed by atoms with Gasteiger partial charge in [-0.25, -0.2) is 4.79 Å². The summed E-state index contributed by atoms with van der Waals surface area (Å²) in [5.41, 5.74) is 1.33. The molecule has 1 aliphatic carbocycles. The molecule has 22 heavy (non-hydrogen) atoms. The minimum absolute atomic E-state index is 0.112. The number of carbonyl (C=O) groups is 2. The van der Waals surface area contributed by atoms with Crippen molar-refractivity contribution >= 4 is 11.9 Å². The molecule has 1 saturated carbocycles. The van der Waals surface area contributed by atoms with Crippen LogP contribution in [-0.4, -0.2) is 35.7 Å². The molecule has 2 fully saturated rings. The minimum Gasteiger partial charge on any atom is -0.478 e. The first-order chi connectivity index (χ1) is 10.5. The fourth-order valence-electron chi connectivity index (χ4n) is 3.06. The quantitative estimate of drug-likeness (QED) is 0.895. The molecular weight excluding hydrogens is 282 g/mol. The van der Waals surface area contributed by atoms with E-state index in [9.17, 15) is 9.59 Å². The van der Waals surface area contributed by atoms with Crippen LogP contribution in [0.5, 0.6) is 0 Å². The topological polar surface area (TPSA) is 75.6 Å². The third kappa shape index (κ3) is 3.47. The van der Waals surface area contributed by atoms with E-state index in [1.807, 2.05) is 0 Å². The lowest BCUT2D eigenvalue weighted by molar-refractivity contribution is -0.0102. The van der Waals surface area contributed by atoms with Crippen LogP contribution >= 0.6 is 0 Å². The zero-order chi connectivity index (χ0) is 15.7. The van der Waals surface area contributed by atoms with Crippen molar-refractivity contribution in [3.63, 3.8) is 0 Å². The first-order valence-corrected chi connectivity index (χ1v) is 7.80. The lowest BCUT2D eigenvalue weighted by atomic mass is 9.99. The van der Waals surface area contributed by atoms with Crippen molar-refractivity contribution in [2.45, 2.75) is 44.8 Å². The molecule has 5 nitrogen and oxygen atoms in total. The van der Waals surface area contributed by atoms with Crippen molar-refractivity contribution in [2.75, 3.05) is 6.61 Å². The second kappa shape index (κ2) is 6.08. The average Bonchev–Trinajstić information content (AvgIpc) is 3.31. The summed E-state index contributed by atoms with van der Waals surface area (Å²) in [5.74, 6) is -0.553. The molecule has 0 spiro atoms. The Morgan fingerprint density at radius 1 is 1.18 bits per heavy atom. The van der Waals surface area contributed by atoms with Gasteiger partial charge in [0.15, 0.2) is 0 Å². The third-order valence-electron chi connectivity index (χ3n) is 4.38. The Hall–Kier alpha value is -1.88. The van der Waals surface area contributed by atoms with Crippen LogP contribution < -0.4 is 5.32 Å². The number of rotatable bonds is 4. The van der Waals surface area contributed by atoms with Crippen LogP contribution in [0.1, 0.15) is 52.0 Å². The Kier molecular flexibility index (Phi) is 4.16. The molecule has 1 aromatic carbocycles. The first kappa shape index (κ1) is 15.0. The van der Waals surface area contributed by atoms with E-state index < -0.39 is 5.97 Å². The maximum absolute atomic E-state index is 12.4. The van der Waals surface area contributed by atoms with E-state index in [2.05, 4.69) is 5.32 Å². The Morgan fingerprint density at radius 3 is 2.59 bits per heavy atom. The van der Waals surface area contributed by atoms with Crippen LogP contribution in [0.3, 0.4) is 0 Å². The molecule has 0 aromatic heterocycles. The largest absolute Gasteiger partial charge is 0.478 e. The summed E-state index contributed by atoms with van der Waals surface area (Å²) in [6.07, 6.45) is 4.39. The molecule has 1 aromatic rings. The molecule has 1 heterocycles. The molecular formula is C17H21NO4. The maximum atomic E-state index is 12.4. The SMILES string of the molecule is Cc1cc(C(=O)O)cc(C(=O)NC2CCOC(C3CC3)C2)c1. The van der Waals surface area contributed by atoms with Gasteiger partial charge < -0.3 is 15.2 Å². The highest BCUT2D eigenvalue weighted by Crippen LogP contribution is 2.38. The van der Waals surface area contributed by atoms with Gasteiger partial charge in [-0.15, -0.1) is 0 Å². The van der Waals surface area contributed by atoms with E-state index in [-0.39, 0.29) is 23.6 Å². The fraction of sp³-hybridized carbons (Fsp3) is 0.529. The van der Waals surface area contributed by atoms with E-state index in [0.29, 0.717) is 18.1 Å². The summed E-state index contributed by atoms with van der Waals surface area (Å²) in [7, 11) is 0. The number of carbonyl (C=O) groups excluding carboxylic acids is 1. The number of ether oxygens (including phenoxy) is 1. The van der Waals surface area contributed by atoms with E-state index in [4.69, 9.17) is 9.84 Å². The van der Waals surface area contributed by atoms with Crippen LogP contribution in [0.4, 0.5) is 0 Å². The van der Waals surface area contributed by atoms with Crippen molar-refractivity contribution in [3.05, 3.63) is 34.9 Å². The van der Waals surface area contributed by atoms with Crippen molar-refractivity contribution in [3.8, 4) is 0 Å². The maximum Gasteiger partial charge on any atom is 0.335 e. The van der Waals surface area contributed by atoms with E-state index in [1.165, 1.54) is 18.9 Å². The predicted octanol–water partition coefficient (Wildman–Crippen LogP) is 2.38. The normalized spacial score (nSPS) is 24.8. The summed E-state index contributed by atoms with van der Waals surface area (Å²) in [4.78, 5) is 23.5. The van der Waals surface area contributed by atoms with Crippen LogP contribution in [0.25, 0.3) is 0 Å². The molecule has 1 amide bonds. The monoisotopic (exact) mass is 303 g/mol. The van der Waals surface area contributed by atoms with E-state index in [0.717, 1.165) is 18.4 Å². The number of aryl methyl sites for hydroxylation is 1. The molecule has 0 bridgehead atoms. The highest BCUT2D eigenvalue weighted by molar-refractivity contribution is 5.97. The van der Waals surface area contributed by atoms with Gasteiger partial charge in [0.1, 0.15) is 0 Å². The van der Waals surface area contributed by atoms with Crippen LogP contribution in [-0.2, 0) is 4.74 Å². The zero-order valence-electron chi connectivity index (χ0n) is 12.7. The van der Waals surface area contributed by atoms with E-state index >= 15 is 0 Å². The summed E-state index contributed by atoms with van der Waals surface area (Å²) in [6.45, 7) is 2.47. The van der Waals surface area contributed by atoms with Crippen molar-refractivity contribution in [1.29, 1.82) is 0 Å². The lowest BCUT2D eigenvalue weighted by Gasteiger charge is -2.30.